The summed E-state index contributed by atoms with van der Waals surface area (Å²) >= 11 is 0. The normalized spacial score (nSPS) is 49.8. The SMILES string of the molecule is CO[C@H]1C(=O)C2CC(C)C(O2)C1C. The van der Waals surface area contributed by atoms with Gasteiger partial charge in [-0.25, -0.2) is 0 Å². The third-order valence-corrected chi connectivity index (χ3v) is 3.32. The topological polar surface area (TPSA) is 35.5 Å². The first-order valence-corrected chi connectivity index (χ1v) is 4.87. The molecule has 0 aromatic heterocycles. The summed E-state index contributed by atoms with van der Waals surface area (Å²) in [6, 6.07) is 0. The van der Waals surface area contributed by atoms with E-state index in [-0.39, 0.29) is 30.0 Å². The highest BCUT2D eigenvalue weighted by molar-refractivity contribution is 5.89. The van der Waals surface area contributed by atoms with Gasteiger partial charge in [0.1, 0.15) is 12.2 Å². The van der Waals surface area contributed by atoms with Crippen molar-refractivity contribution in [3.8, 4) is 0 Å². The van der Waals surface area contributed by atoms with Crippen molar-refractivity contribution in [3.63, 3.8) is 0 Å². The van der Waals surface area contributed by atoms with Crippen molar-refractivity contribution in [1.82, 2.24) is 0 Å². The summed E-state index contributed by atoms with van der Waals surface area (Å²) in [4.78, 5) is 11.7. The van der Waals surface area contributed by atoms with Gasteiger partial charge in [0.15, 0.2) is 5.78 Å². The largest absolute Gasteiger partial charge is 0.373 e. The standard InChI is InChI=1S/C10H16O3/c1-5-4-7-8(11)10(12-3)6(2)9(5)13-7/h5-7,9-10H,4H2,1-3H3/t5?,6?,7?,9?,10-/m1/s1. The van der Waals surface area contributed by atoms with Gasteiger partial charge < -0.3 is 9.47 Å². The number of carbonyl (C=O) groups excluding carboxylic acids is 1. The summed E-state index contributed by atoms with van der Waals surface area (Å²) in [5.41, 5.74) is 0. The van der Waals surface area contributed by atoms with E-state index in [1.807, 2.05) is 6.92 Å². The molecule has 0 aromatic carbocycles. The zero-order valence-electron chi connectivity index (χ0n) is 8.32. The number of fused-ring (bicyclic) bond motifs is 2. The summed E-state index contributed by atoms with van der Waals surface area (Å²) in [5.74, 6) is 0.825. The maximum Gasteiger partial charge on any atom is 0.190 e. The highest BCUT2D eigenvalue weighted by Gasteiger charge is 2.50. The molecule has 74 valence electrons. The van der Waals surface area contributed by atoms with Crippen molar-refractivity contribution in [3.05, 3.63) is 0 Å². The fourth-order valence-corrected chi connectivity index (χ4v) is 2.62. The van der Waals surface area contributed by atoms with Crippen molar-refractivity contribution < 1.29 is 14.3 Å². The molecule has 2 aliphatic rings. The molecule has 2 heterocycles. The molecule has 0 aromatic rings. The first kappa shape index (κ1) is 9.16. The second kappa shape index (κ2) is 3.07. The molecule has 0 spiro atoms. The van der Waals surface area contributed by atoms with Crippen LogP contribution in [0, 0.1) is 11.8 Å². The minimum atomic E-state index is -0.242. The van der Waals surface area contributed by atoms with Gasteiger partial charge in [0.25, 0.3) is 0 Å². The lowest BCUT2D eigenvalue weighted by molar-refractivity contribution is -0.160. The van der Waals surface area contributed by atoms with Crippen molar-refractivity contribution >= 4 is 5.78 Å². The fourth-order valence-electron chi connectivity index (χ4n) is 2.62. The van der Waals surface area contributed by atoms with E-state index in [9.17, 15) is 4.79 Å². The fraction of sp³-hybridized carbons (Fsp3) is 0.900. The van der Waals surface area contributed by atoms with Gasteiger partial charge in [0.05, 0.1) is 6.10 Å². The van der Waals surface area contributed by atoms with Crippen LogP contribution in [-0.2, 0) is 14.3 Å². The first-order chi connectivity index (χ1) is 6.15. The lowest BCUT2D eigenvalue weighted by Gasteiger charge is -2.33. The zero-order valence-corrected chi connectivity index (χ0v) is 8.32. The summed E-state index contributed by atoms with van der Waals surface area (Å²) in [6.45, 7) is 4.18. The number of Topliss-reactive ketones (excluding diaryl/α,β-unsaturated/α-hetero) is 1. The van der Waals surface area contributed by atoms with Gasteiger partial charge in [0, 0.05) is 13.0 Å². The molecule has 5 atom stereocenters. The van der Waals surface area contributed by atoms with Gasteiger partial charge in [-0.1, -0.05) is 13.8 Å². The Bertz CT molecular complexity index is 226. The molecule has 0 amide bonds. The quantitative estimate of drug-likeness (QED) is 0.610. The van der Waals surface area contributed by atoms with E-state index in [4.69, 9.17) is 9.47 Å². The van der Waals surface area contributed by atoms with Gasteiger partial charge in [-0.2, -0.15) is 0 Å². The van der Waals surface area contributed by atoms with E-state index in [0.717, 1.165) is 6.42 Å². The number of rotatable bonds is 1. The average Bonchev–Trinajstić information content (AvgIpc) is 2.44. The molecule has 2 fully saturated rings. The smallest absolute Gasteiger partial charge is 0.190 e. The lowest BCUT2D eigenvalue weighted by Crippen LogP contribution is -2.47. The Labute approximate surface area is 78.4 Å². The summed E-state index contributed by atoms with van der Waals surface area (Å²) in [7, 11) is 1.61. The molecule has 0 aliphatic carbocycles. The minimum Gasteiger partial charge on any atom is -0.373 e. The lowest BCUT2D eigenvalue weighted by atomic mass is 9.90. The predicted octanol–water partition coefficient (Wildman–Crippen LogP) is 1.01. The van der Waals surface area contributed by atoms with Gasteiger partial charge in [-0.05, 0) is 12.3 Å². The molecular weight excluding hydrogens is 168 g/mol. The van der Waals surface area contributed by atoms with Gasteiger partial charge in [-0.15, -0.1) is 0 Å². The molecule has 2 rings (SSSR count). The number of ketones is 1. The number of carbonyl (C=O) groups is 1. The van der Waals surface area contributed by atoms with E-state index in [0.29, 0.717) is 5.92 Å². The number of hydrogen-bond donors (Lipinski definition) is 0. The minimum absolute atomic E-state index is 0.135. The summed E-state index contributed by atoms with van der Waals surface area (Å²) < 4.78 is 10.9. The Balaban J connectivity index is 2.23. The Kier molecular flexibility index (Phi) is 2.16. The molecule has 0 saturated carbocycles. The van der Waals surface area contributed by atoms with Crippen LogP contribution in [0.2, 0.25) is 0 Å². The Morgan fingerprint density at radius 3 is 2.77 bits per heavy atom. The Morgan fingerprint density at radius 1 is 1.46 bits per heavy atom. The van der Waals surface area contributed by atoms with Crippen LogP contribution in [0.3, 0.4) is 0 Å². The number of hydrogen-bond acceptors (Lipinski definition) is 3. The van der Waals surface area contributed by atoms with Crippen LogP contribution in [0.25, 0.3) is 0 Å². The first-order valence-electron chi connectivity index (χ1n) is 4.87. The monoisotopic (exact) mass is 184 g/mol. The maximum atomic E-state index is 11.7. The molecule has 2 aliphatic heterocycles. The van der Waals surface area contributed by atoms with E-state index >= 15 is 0 Å². The van der Waals surface area contributed by atoms with Gasteiger partial charge in [-0.3, -0.25) is 4.79 Å². The second-order valence-corrected chi connectivity index (χ2v) is 4.22. The summed E-state index contributed by atoms with van der Waals surface area (Å²) in [6.07, 6.45) is 0.649. The van der Waals surface area contributed by atoms with Crippen LogP contribution in [0.1, 0.15) is 20.3 Å². The molecule has 3 heteroatoms. The molecule has 0 radical (unpaired) electrons. The third-order valence-electron chi connectivity index (χ3n) is 3.32. The van der Waals surface area contributed by atoms with Crippen molar-refractivity contribution in [2.24, 2.45) is 11.8 Å². The van der Waals surface area contributed by atoms with Crippen LogP contribution in [-0.4, -0.2) is 31.2 Å². The van der Waals surface area contributed by atoms with Crippen LogP contribution < -0.4 is 0 Å². The molecule has 4 unspecified atom stereocenters. The van der Waals surface area contributed by atoms with Gasteiger partial charge in [0.2, 0.25) is 0 Å². The molecular formula is C10H16O3. The number of ether oxygens (including phenoxy) is 2. The van der Waals surface area contributed by atoms with Crippen LogP contribution in [0.5, 0.6) is 0 Å². The van der Waals surface area contributed by atoms with Crippen LogP contribution >= 0.6 is 0 Å². The van der Waals surface area contributed by atoms with Crippen LogP contribution in [0.4, 0.5) is 0 Å². The number of methoxy groups -OCH3 is 1. The van der Waals surface area contributed by atoms with E-state index in [1.165, 1.54) is 0 Å². The van der Waals surface area contributed by atoms with E-state index in [2.05, 4.69) is 6.92 Å². The summed E-state index contributed by atoms with van der Waals surface area (Å²) in [5, 5.41) is 0. The zero-order chi connectivity index (χ0) is 9.59. The van der Waals surface area contributed by atoms with Crippen molar-refractivity contribution in [1.29, 1.82) is 0 Å². The van der Waals surface area contributed by atoms with Crippen molar-refractivity contribution in [2.75, 3.05) is 7.11 Å². The van der Waals surface area contributed by atoms with E-state index in [1.54, 1.807) is 7.11 Å². The Morgan fingerprint density at radius 2 is 2.15 bits per heavy atom. The maximum absolute atomic E-state index is 11.7. The molecule has 2 saturated heterocycles. The highest BCUT2D eigenvalue weighted by Crippen LogP contribution is 2.39. The average molecular weight is 184 g/mol. The third kappa shape index (κ3) is 1.22. The second-order valence-electron chi connectivity index (χ2n) is 4.22. The molecule has 2 bridgehead atoms. The highest BCUT2D eigenvalue weighted by atomic mass is 16.5. The predicted molar refractivity (Wildman–Crippen MR) is 47.4 cm³/mol. The van der Waals surface area contributed by atoms with Crippen LogP contribution in [0.15, 0.2) is 0 Å². The van der Waals surface area contributed by atoms with E-state index < -0.39 is 0 Å². The van der Waals surface area contributed by atoms with Crippen molar-refractivity contribution in [2.45, 2.75) is 38.6 Å². The Hall–Kier alpha value is -0.410. The molecule has 13 heavy (non-hydrogen) atoms. The molecule has 3 nitrogen and oxygen atoms in total. The molecule has 0 N–H and O–H groups in total. The van der Waals surface area contributed by atoms with Gasteiger partial charge >= 0.3 is 0 Å².